The van der Waals surface area contributed by atoms with Crippen LogP contribution < -0.4 is 10.7 Å². The van der Waals surface area contributed by atoms with Crippen molar-refractivity contribution in [1.82, 2.24) is 5.43 Å². The Morgan fingerprint density at radius 2 is 1.72 bits per heavy atom. The van der Waals surface area contributed by atoms with E-state index >= 15 is 0 Å². The highest BCUT2D eigenvalue weighted by Gasteiger charge is 2.34. The first-order valence-corrected chi connectivity index (χ1v) is 9.64. The quantitative estimate of drug-likeness (QED) is 0.352. The lowest BCUT2D eigenvalue weighted by Gasteiger charge is -2.14. The fraction of sp³-hybridized carbons (Fsp3) is 0.136. The Kier molecular flexibility index (Phi) is 6.69. The Morgan fingerprint density at radius 1 is 1.06 bits per heavy atom. The third kappa shape index (κ3) is 5.55. The number of alkyl halides is 3. The number of nitrogens with zero attached hydrogens (tertiary/aromatic N) is 1. The third-order valence-corrected chi connectivity index (χ3v) is 4.67. The summed E-state index contributed by atoms with van der Waals surface area (Å²) < 4.78 is 39.4. The zero-order chi connectivity index (χ0) is 23.5. The molecule has 2 amide bonds. The van der Waals surface area contributed by atoms with Crippen molar-refractivity contribution in [2.45, 2.75) is 19.5 Å². The third-order valence-electron chi connectivity index (χ3n) is 4.43. The maximum atomic E-state index is 13.1. The molecule has 166 valence electrons. The number of hydrogen-bond donors (Lipinski definition) is 3. The van der Waals surface area contributed by atoms with E-state index in [1.54, 1.807) is 24.3 Å². The lowest BCUT2D eigenvalue weighted by atomic mass is 10.1. The zero-order valence-electron chi connectivity index (χ0n) is 16.6. The van der Waals surface area contributed by atoms with Crippen LogP contribution in [-0.4, -0.2) is 22.6 Å². The maximum absolute atomic E-state index is 13.1. The molecule has 0 aromatic heterocycles. The van der Waals surface area contributed by atoms with E-state index in [1.165, 1.54) is 25.1 Å². The maximum Gasteiger partial charge on any atom is 0.418 e. The number of phenols is 1. The molecule has 0 unspecified atom stereocenters. The minimum absolute atomic E-state index is 0.0133. The molecule has 3 rings (SSSR count). The smallest absolute Gasteiger partial charge is 0.418 e. The largest absolute Gasteiger partial charge is 0.507 e. The second kappa shape index (κ2) is 9.27. The van der Waals surface area contributed by atoms with Crippen LogP contribution in [0.15, 0.2) is 59.7 Å². The zero-order valence-corrected chi connectivity index (χ0v) is 17.4. The molecule has 3 aromatic rings. The van der Waals surface area contributed by atoms with Crippen LogP contribution in [0.5, 0.6) is 5.75 Å². The van der Waals surface area contributed by atoms with Crippen molar-refractivity contribution in [3.63, 3.8) is 0 Å². The summed E-state index contributed by atoms with van der Waals surface area (Å²) in [4.78, 5) is 24.5. The average molecular weight is 464 g/mol. The van der Waals surface area contributed by atoms with Gasteiger partial charge in [-0.05, 0) is 48.0 Å². The normalized spacial score (nSPS) is 12.0. The van der Waals surface area contributed by atoms with E-state index in [0.29, 0.717) is 6.07 Å². The summed E-state index contributed by atoms with van der Waals surface area (Å²) in [6.07, 6.45) is -5.07. The van der Waals surface area contributed by atoms with Gasteiger partial charge < -0.3 is 10.4 Å². The number of nitrogens with one attached hydrogen (secondary N) is 2. The molecule has 32 heavy (non-hydrogen) atoms. The molecule has 0 atom stereocenters. The van der Waals surface area contributed by atoms with Crippen LogP contribution in [0, 0.1) is 0 Å². The summed E-state index contributed by atoms with van der Waals surface area (Å²) in [6.45, 7) is 1.42. The van der Waals surface area contributed by atoms with Gasteiger partial charge in [0, 0.05) is 10.7 Å². The molecular weight excluding hydrogens is 447 g/mol. The second-order valence-electron chi connectivity index (χ2n) is 6.92. The molecular formula is C22H17ClF3N3O3. The standard InChI is InChI=1S/C22H17ClF3N3O3/c1-12(8-20(31)27-18-7-6-15(23)11-17(18)22(24,25)26)28-29-21(32)16-9-13-4-2-3-5-14(13)10-19(16)30/h2-7,9-11,30H,8H2,1H3,(H,27,31)(H,29,32)/b28-12+. The summed E-state index contributed by atoms with van der Waals surface area (Å²) in [6, 6.07) is 13.1. The molecule has 0 heterocycles. The van der Waals surface area contributed by atoms with E-state index in [4.69, 9.17) is 11.6 Å². The fourth-order valence-corrected chi connectivity index (χ4v) is 3.11. The van der Waals surface area contributed by atoms with Crippen molar-refractivity contribution >= 4 is 45.6 Å². The second-order valence-corrected chi connectivity index (χ2v) is 7.35. The Balaban J connectivity index is 1.67. The van der Waals surface area contributed by atoms with Crippen molar-refractivity contribution < 1.29 is 27.9 Å². The van der Waals surface area contributed by atoms with Gasteiger partial charge in [-0.3, -0.25) is 9.59 Å². The number of aromatic hydroxyl groups is 1. The summed E-state index contributed by atoms with van der Waals surface area (Å²) in [5, 5.41) is 17.4. The van der Waals surface area contributed by atoms with E-state index in [2.05, 4.69) is 15.8 Å². The molecule has 10 heteroatoms. The van der Waals surface area contributed by atoms with Crippen molar-refractivity contribution in [3.8, 4) is 5.75 Å². The number of benzene rings is 3. The molecule has 0 radical (unpaired) electrons. The number of carbonyl (C=O) groups excluding carboxylic acids is 2. The number of halogens is 4. The van der Waals surface area contributed by atoms with E-state index in [1.807, 2.05) is 0 Å². The highest BCUT2D eigenvalue weighted by atomic mass is 35.5. The minimum Gasteiger partial charge on any atom is -0.507 e. The SMILES string of the molecule is C/C(CC(=O)Nc1ccc(Cl)cc1C(F)(F)F)=N\NC(=O)c1cc2ccccc2cc1O. The number of fused-ring (bicyclic) bond motifs is 1. The highest BCUT2D eigenvalue weighted by molar-refractivity contribution is 6.30. The molecule has 0 aliphatic carbocycles. The van der Waals surface area contributed by atoms with Gasteiger partial charge in [-0.25, -0.2) is 5.43 Å². The van der Waals surface area contributed by atoms with Gasteiger partial charge in [0.2, 0.25) is 5.91 Å². The molecule has 0 spiro atoms. The summed E-state index contributed by atoms with van der Waals surface area (Å²) >= 11 is 5.62. The van der Waals surface area contributed by atoms with Crippen LogP contribution >= 0.6 is 11.6 Å². The Bertz CT molecular complexity index is 1230. The first-order valence-electron chi connectivity index (χ1n) is 9.26. The predicted octanol–water partition coefficient (Wildman–Crippen LogP) is 5.35. The van der Waals surface area contributed by atoms with Gasteiger partial charge in [-0.2, -0.15) is 18.3 Å². The van der Waals surface area contributed by atoms with Crippen molar-refractivity contribution in [2.24, 2.45) is 5.10 Å². The number of amides is 2. The Labute approximate surface area is 185 Å². The average Bonchev–Trinajstić information content (AvgIpc) is 2.72. The molecule has 3 N–H and O–H groups in total. The summed E-state index contributed by atoms with van der Waals surface area (Å²) in [5.41, 5.74) is 0.837. The van der Waals surface area contributed by atoms with Crippen molar-refractivity contribution in [1.29, 1.82) is 0 Å². The van der Waals surface area contributed by atoms with E-state index in [0.717, 1.165) is 16.8 Å². The van der Waals surface area contributed by atoms with Crippen LogP contribution in [0.1, 0.15) is 29.3 Å². The van der Waals surface area contributed by atoms with Crippen LogP contribution in [0.2, 0.25) is 5.02 Å². The number of hydrazone groups is 1. The molecule has 0 aliphatic heterocycles. The molecule has 0 saturated heterocycles. The molecule has 0 aliphatic rings. The summed E-state index contributed by atoms with van der Waals surface area (Å²) in [5.74, 6) is -1.71. The molecule has 6 nitrogen and oxygen atoms in total. The van der Waals surface area contributed by atoms with Crippen LogP contribution in [-0.2, 0) is 11.0 Å². The topological polar surface area (TPSA) is 90.8 Å². The van der Waals surface area contributed by atoms with Gasteiger partial charge in [-0.1, -0.05) is 35.9 Å². The van der Waals surface area contributed by atoms with E-state index in [-0.39, 0.29) is 28.5 Å². The van der Waals surface area contributed by atoms with Gasteiger partial charge in [0.25, 0.3) is 5.91 Å². The first kappa shape index (κ1) is 23.1. The van der Waals surface area contributed by atoms with Gasteiger partial charge in [0.1, 0.15) is 5.75 Å². The number of hydrogen-bond acceptors (Lipinski definition) is 4. The van der Waals surface area contributed by atoms with Crippen LogP contribution in [0.3, 0.4) is 0 Å². The lowest BCUT2D eigenvalue weighted by Crippen LogP contribution is -2.22. The molecule has 0 bridgehead atoms. The Morgan fingerprint density at radius 3 is 2.38 bits per heavy atom. The number of rotatable bonds is 5. The van der Waals surface area contributed by atoms with Crippen molar-refractivity contribution in [3.05, 3.63) is 70.7 Å². The molecule has 0 fully saturated rings. The van der Waals surface area contributed by atoms with Crippen LogP contribution in [0.4, 0.5) is 18.9 Å². The fourth-order valence-electron chi connectivity index (χ4n) is 2.94. The predicted molar refractivity (Wildman–Crippen MR) is 116 cm³/mol. The minimum atomic E-state index is -4.70. The monoisotopic (exact) mass is 463 g/mol. The highest BCUT2D eigenvalue weighted by Crippen LogP contribution is 2.36. The Hall–Kier alpha value is -3.59. The lowest BCUT2D eigenvalue weighted by molar-refractivity contribution is -0.137. The van der Waals surface area contributed by atoms with Gasteiger partial charge >= 0.3 is 6.18 Å². The van der Waals surface area contributed by atoms with Gasteiger partial charge in [0.05, 0.1) is 23.2 Å². The van der Waals surface area contributed by atoms with E-state index < -0.39 is 29.2 Å². The van der Waals surface area contributed by atoms with Gasteiger partial charge in [0.15, 0.2) is 0 Å². The molecule has 3 aromatic carbocycles. The number of carbonyl (C=O) groups is 2. The first-order chi connectivity index (χ1) is 15.0. The molecule has 0 saturated carbocycles. The van der Waals surface area contributed by atoms with Crippen LogP contribution in [0.25, 0.3) is 10.8 Å². The summed E-state index contributed by atoms with van der Waals surface area (Å²) in [7, 11) is 0. The number of anilines is 1. The van der Waals surface area contributed by atoms with Crippen molar-refractivity contribution in [2.75, 3.05) is 5.32 Å². The van der Waals surface area contributed by atoms with E-state index in [9.17, 15) is 27.9 Å². The van der Waals surface area contributed by atoms with Gasteiger partial charge in [-0.15, -0.1) is 0 Å². The number of phenolic OH excluding ortho intramolecular Hbond substituents is 1.